The standard InChI is InChI=1S/C29H27N5O5S/c1-3-40(37,38)26-7-6-21(33-10-8-22(35)16-33)14-24(26)34-29(36)28-23(5-4-9-31-28)27(32-34)20-12-18(2)11-19(13-20)25-15-30-17-39-25/h4-7,9,11-15,17,22,35H,3,8,10,16H2,1-2H3/t22-/m0/s1. The number of aromatic nitrogens is 4. The van der Waals surface area contributed by atoms with Gasteiger partial charge in [0, 0.05) is 41.5 Å². The Morgan fingerprint density at radius 3 is 2.67 bits per heavy atom. The molecule has 0 unspecified atom stereocenters. The fraction of sp³-hybridized carbons (Fsp3) is 0.241. The molecule has 1 N–H and O–H groups in total. The van der Waals surface area contributed by atoms with Gasteiger partial charge in [-0.2, -0.15) is 9.78 Å². The molecule has 1 aliphatic heterocycles. The fourth-order valence-corrected chi connectivity index (χ4v) is 6.18. The predicted molar refractivity (Wildman–Crippen MR) is 151 cm³/mol. The summed E-state index contributed by atoms with van der Waals surface area (Å²) in [4.78, 5) is 24.2. The summed E-state index contributed by atoms with van der Waals surface area (Å²) in [5.41, 5.74) is 3.36. The first-order valence-corrected chi connectivity index (χ1v) is 14.6. The molecule has 0 radical (unpaired) electrons. The van der Waals surface area contributed by atoms with E-state index in [1.807, 2.05) is 30.0 Å². The van der Waals surface area contributed by atoms with Gasteiger partial charge in [-0.05, 0) is 67.4 Å². The second kappa shape index (κ2) is 10.00. The first-order chi connectivity index (χ1) is 19.2. The van der Waals surface area contributed by atoms with Crippen LogP contribution in [-0.4, -0.2) is 58.2 Å². The number of β-amino-alcohol motifs (C(OH)–C–C–N with tert-alkyl or cyclic N) is 1. The van der Waals surface area contributed by atoms with E-state index in [0.29, 0.717) is 47.6 Å². The molecule has 2 aromatic carbocycles. The average Bonchev–Trinajstić information content (AvgIpc) is 3.65. The highest BCUT2D eigenvalue weighted by atomic mass is 32.2. The second-order valence-corrected chi connectivity index (χ2v) is 12.1. The van der Waals surface area contributed by atoms with Crippen LogP contribution in [0.1, 0.15) is 18.9 Å². The number of benzene rings is 2. The molecule has 0 saturated carbocycles. The van der Waals surface area contributed by atoms with E-state index in [0.717, 1.165) is 15.8 Å². The van der Waals surface area contributed by atoms with Crippen LogP contribution in [0.2, 0.25) is 0 Å². The quantitative estimate of drug-likeness (QED) is 0.331. The molecule has 1 saturated heterocycles. The van der Waals surface area contributed by atoms with Crippen molar-refractivity contribution in [1.82, 2.24) is 19.7 Å². The minimum atomic E-state index is -3.73. The smallest absolute Gasteiger partial charge is 0.298 e. The van der Waals surface area contributed by atoms with Crippen molar-refractivity contribution in [2.45, 2.75) is 31.3 Å². The largest absolute Gasteiger partial charge is 0.444 e. The van der Waals surface area contributed by atoms with E-state index in [1.165, 1.54) is 18.7 Å². The molecule has 5 aromatic rings. The van der Waals surface area contributed by atoms with Crippen molar-refractivity contribution in [1.29, 1.82) is 0 Å². The number of sulfone groups is 1. The summed E-state index contributed by atoms with van der Waals surface area (Å²) in [6.07, 6.45) is 4.64. The van der Waals surface area contributed by atoms with E-state index in [4.69, 9.17) is 9.52 Å². The Labute approximate surface area is 230 Å². The predicted octanol–water partition coefficient (Wildman–Crippen LogP) is 3.78. The van der Waals surface area contributed by atoms with Crippen LogP contribution in [-0.2, 0) is 9.84 Å². The molecule has 0 spiro atoms. The summed E-state index contributed by atoms with van der Waals surface area (Å²) in [6.45, 7) is 4.53. The van der Waals surface area contributed by atoms with Crippen LogP contribution in [0, 0.1) is 6.92 Å². The second-order valence-electron chi connectivity index (χ2n) is 9.86. The summed E-state index contributed by atoms with van der Waals surface area (Å²) in [7, 11) is -3.73. The first kappa shape index (κ1) is 25.9. The van der Waals surface area contributed by atoms with Crippen LogP contribution < -0.4 is 10.5 Å². The lowest BCUT2D eigenvalue weighted by atomic mass is 10.0. The van der Waals surface area contributed by atoms with E-state index in [1.54, 1.807) is 37.4 Å². The molecule has 1 fully saturated rings. The van der Waals surface area contributed by atoms with E-state index < -0.39 is 21.5 Å². The summed E-state index contributed by atoms with van der Waals surface area (Å²) in [5.74, 6) is 0.436. The van der Waals surface area contributed by atoms with E-state index in [9.17, 15) is 18.3 Å². The van der Waals surface area contributed by atoms with Gasteiger partial charge in [0.05, 0.1) is 28.6 Å². The van der Waals surface area contributed by atoms with Crippen LogP contribution in [0.15, 0.2) is 81.4 Å². The van der Waals surface area contributed by atoms with Gasteiger partial charge in [-0.3, -0.25) is 9.78 Å². The van der Waals surface area contributed by atoms with Gasteiger partial charge < -0.3 is 14.4 Å². The molecule has 4 heterocycles. The minimum Gasteiger partial charge on any atom is -0.444 e. The van der Waals surface area contributed by atoms with Crippen molar-refractivity contribution in [3.05, 3.63) is 83.2 Å². The summed E-state index contributed by atoms with van der Waals surface area (Å²) in [6, 6.07) is 14.2. The van der Waals surface area contributed by atoms with Gasteiger partial charge in [0.2, 0.25) is 0 Å². The number of anilines is 1. The van der Waals surface area contributed by atoms with Gasteiger partial charge in [-0.15, -0.1) is 0 Å². The number of hydrogen-bond donors (Lipinski definition) is 1. The normalized spacial score (nSPS) is 15.7. The van der Waals surface area contributed by atoms with Crippen LogP contribution in [0.4, 0.5) is 5.69 Å². The SMILES string of the molecule is CCS(=O)(=O)c1ccc(N2CC[C@H](O)C2)cc1-n1nc(-c2cc(C)cc(-c3cnco3)c2)c2cccnc2c1=O. The van der Waals surface area contributed by atoms with Crippen LogP contribution in [0.5, 0.6) is 0 Å². The maximum atomic E-state index is 13.9. The van der Waals surface area contributed by atoms with Gasteiger partial charge in [0.15, 0.2) is 22.0 Å². The Kier molecular flexibility index (Phi) is 6.47. The monoisotopic (exact) mass is 557 g/mol. The third-order valence-electron chi connectivity index (χ3n) is 7.14. The maximum Gasteiger partial charge on any atom is 0.298 e. The molecule has 6 rings (SSSR count). The average molecular weight is 558 g/mol. The lowest BCUT2D eigenvalue weighted by Crippen LogP contribution is -2.26. The van der Waals surface area contributed by atoms with E-state index >= 15 is 0 Å². The molecule has 1 atom stereocenters. The number of pyridine rings is 1. The molecule has 11 heteroatoms. The summed E-state index contributed by atoms with van der Waals surface area (Å²) < 4.78 is 33.1. The zero-order valence-corrected chi connectivity index (χ0v) is 22.8. The highest BCUT2D eigenvalue weighted by molar-refractivity contribution is 7.91. The zero-order chi connectivity index (χ0) is 28.0. The molecule has 0 bridgehead atoms. The van der Waals surface area contributed by atoms with Crippen LogP contribution in [0.3, 0.4) is 0 Å². The van der Waals surface area contributed by atoms with Crippen molar-refractivity contribution in [3.63, 3.8) is 0 Å². The number of nitrogens with zero attached hydrogens (tertiary/aromatic N) is 5. The summed E-state index contributed by atoms with van der Waals surface area (Å²) >= 11 is 0. The highest BCUT2D eigenvalue weighted by Crippen LogP contribution is 2.32. The fourth-order valence-electron chi connectivity index (χ4n) is 5.13. The maximum absolute atomic E-state index is 13.9. The lowest BCUT2D eigenvalue weighted by Gasteiger charge is -2.21. The van der Waals surface area contributed by atoms with Gasteiger partial charge in [-0.1, -0.05) is 6.92 Å². The number of aryl methyl sites for hydroxylation is 1. The van der Waals surface area contributed by atoms with Gasteiger partial charge >= 0.3 is 0 Å². The molecule has 40 heavy (non-hydrogen) atoms. The third-order valence-corrected chi connectivity index (χ3v) is 8.92. The van der Waals surface area contributed by atoms with Crippen molar-refractivity contribution in [3.8, 4) is 28.3 Å². The molecular weight excluding hydrogens is 530 g/mol. The minimum absolute atomic E-state index is 0.000850. The summed E-state index contributed by atoms with van der Waals surface area (Å²) in [5, 5.41) is 15.4. The number of hydrogen-bond acceptors (Lipinski definition) is 9. The number of fused-ring (bicyclic) bond motifs is 1. The molecule has 1 aliphatic rings. The number of aliphatic hydroxyl groups excluding tert-OH is 1. The third kappa shape index (κ3) is 4.56. The Balaban J connectivity index is 1.64. The Morgan fingerprint density at radius 2 is 1.95 bits per heavy atom. The first-order valence-electron chi connectivity index (χ1n) is 12.9. The highest BCUT2D eigenvalue weighted by Gasteiger charge is 2.26. The molecule has 204 valence electrons. The van der Waals surface area contributed by atoms with Gasteiger partial charge in [-0.25, -0.2) is 13.4 Å². The van der Waals surface area contributed by atoms with Gasteiger partial charge in [0.1, 0.15) is 11.2 Å². The number of oxazole rings is 1. The molecular formula is C29H27N5O5S. The Hall–Kier alpha value is -4.35. The Bertz CT molecular complexity index is 1900. The molecule has 10 nitrogen and oxygen atoms in total. The van der Waals surface area contributed by atoms with Crippen LogP contribution >= 0.6 is 0 Å². The molecule has 0 amide bonds. The van der Waals surface area contributed by atoms with Crippen molar-refractivity contribution in [2.24, 2.45) is 0 Å². The zero-order valence-electron chi connectivity index (χ0n) is 22.0. The molecule has 3 aromatic heterocycles. The Morgan fingerprint density at radius 1 is 1.12 bits per heavy atom. The number of rotatable bonds is 6. The van der Waals surface area contributed by atoms with E-state index in [2.05, 4.69) is 9.97 Å². The van der Waals surface area contributed by atoms with Gasteiger partial charge in [0.25, 0.3) is 5.56 Å². The molecule has 0 aliphatic carbocycles. The van der Waals surface area contributed by atoms with Crippen molar-refractivity contribution >= 4 is 26.4 Å². The lowest BCUT2D eigenvalue weighted by molar-refractivity contribution is 0.198. The topological polar surface area (TPSA) is 131 Å². The number of aliphatic hydroxyl groups is 1. The van der Waals surface area contributed by atoms with E-state index in [-0.39, 0.29) is 21.9 Å². The van der Waals surface area contributed by atoms with Crippen molar-refractivity contribution < 1.29 is 17.9 Å². The van der Waals surface area contributed by atoms with Crippen LogP contribution in [0.25, 0.3) is 39.2 Å². The van der Waals surface area contributed by atoms with Crippen molar-refractivity contribution in [2.75, 3.05) is 23.7 Å².